The molecule has 2 aromatic rings. The third kappa shape index (κ3) is 6.31. The highest BCUT2D eigenvalue weighted by Crippen LogP contribution is 2.30. The fourth-order valence-corrected chi connectivity index (χ4v) is 3.03. The van der Waals surface area contributed by atoms with Crippen molar-refractivity contribution in [1.82, 2.24) is 10.3 Å². The van der Waals surface area contributed by atoms with E-state index in [0.717, 1.165) is 0 Å². The van der Waals surface area contributed by atoms with Gasteiger partial charge in [-0.15, -0.1) is 0 Å². The third-order valence-electron chi connectivity index (χ3n) is 4.53. The summed E-state index contributed by atoms with van der Waals surface area (Å²) >= 11 is 1.62. The fourth-order valence-electron chi connectivity index (χ4n) is 3.03. The topological polar surface area (TPSA) is 155 Å². The van der Waals surface area contributed by atoms with Gasteiger partial charge in [0.05, 0.1) is 19.7 Å². The Labute approximate surface area is 200 Å². The van der Waals surface area contributed by atoms with Gasteiger partial charge in [-0.1, -0.05) is 0 Å². The maximum absolute atomic E-state index is 11.2. The molecule has 4 N–H and O–H groups in total. The predicted octanol–water partition coefficient (Wildman–Crippen LogP) is 2.20. The highest BCUT2D eigenvalue weighted by atomic mass is 127. The molecule has 33 heavy (non-hydrogen) atoms. The third-order valence-corrected chi connectivity index (χ3v) is 4.53. The number of phenolic OH excluding ortho intramolecular Hbond substituents is 2. The number of phenols is 2. The molecular weight excluding hydrogens is 554 g/mol. The van der Waals surface area contributed by atoms with Crippen LogP contribution < -0.4 is 5.32 Å². The van der Waals surface area contributed by atoms with Crippen molar-refractivity contribution in [1.29, 1.82) is 0 Å². The minimum absolute atomic E-state index is 0.224. The first-order chi connectivity index (χ1) is 15.6. The molecule has 10 nitrogen and oxygen atoms in total. The molecule has 0 spiro atoms. The van der Waals surface area contributed by atoms with Gasteiger partial charge in [-0.25, -0.2) is 14.0 Å². The number of carbonyl (C=O) groups is 4. The van der Waals surface area contributed by atoms with E-state index in [2.05, 4.69) is 19.8 Å². The van der Waals surface area contributed by atoms with Crippen molar-refractivity contribution in [2.24, 2.45) is 0 Å². The van der Waals surface area contributed by atoms with Crippen LogP contribution in [0.2, 0.25) is 0 Å². The molecule has 1 aromatic carbocycles. The molecule has 0 amide bonds. The van der Waals surface area contributed by atoms with Crippen LogP contribution in [0.15, 0.2) is 41.6 Å². The smallest absolute Gasteiger partial charge is 0.354 e. The fraction of sp³-hybridized carbons (Fsp3) is 0.238. The molecule has 1 atom stereocenters. The molecule has 1 aliphatic heterocycles. The lowest BCUT2D eigenvalue weighted by Crippen LogP contribution is -2.31. The number of hydrogen-bond donors (Lipinski definition) is 4. The first kappa shape index (κ1) is 25.8. The zero-order valence-corrected chi connectivity index (χ0v) is 19.6. The molecule has 2 aliphatic rings. The van der Waals surface area contributed by atoms with Crippen molar-refractivity contribution in [2.75, 3.05) is 18.9 Å². The standard InChI is InChI=1S/2C10H9NO4.CH2FI/c2*1-15-10(14)7-2-5-3-8(12)9(13)4-6(5)11-7;2-1-3/h3-4,7,11H,2H2,1H3;2-4,11-13H,1H3;1H2/t7-;;/m0../s1. The molecule has 0 bridgehead atoms. The number of nitrogens with one attached hydrogen (secondary N) is 2. The number of hydrogen-bond acceptors (Lipinski definition) is 9. The number of aromatic amines is 1. The number of aromatic nitrogens is 1. The molecule has 1 fully saturated rings. The summed E-state index contributed by atoms with van der Waals surface area (Å²) in [6.07, 6.45) is 2.88. The minimum Gasteiger partial charge on any atom is -0.504 e. The van der Waals surface area contributed by atoms with Crippen molar-refractivity contribution in [3.05, 3.63) is 47.3 Å². The van der Waals surface area contributed by atoms with Crippen LogP contribution in [0.5, 0.6) is 11.5 Å². The number of rotatable bonds is 2. The van der Waals surface area contributed by atoms with E-state index >= 15 is 0 Å². The van der Waals surface area contributed by atoms with Gasteiger partial charge in [-0.05, 0) is 46.4 Å². The molecular formula is C21H20FIN2O8. The van der Waals surface area contributed by atoms with Crippen molar-refractivity contribution >= 4 is 57.0 Å². The lowest BCUT2D eigenvalue weighted by molar-refractivity contribution is -0.142. The number of benzene rings is 1. The highest BCUT2D eigenvalue weighted by molar-refractivity contribution is 14.1. The molecule has 0 saturated carbocycles. The lowest BCUT2D eigenvalue weighted by atomic mass is 10.0. The molecule has 176 valence electrons. The Morgan fingerprint density at radius 3 is 2.30 bits per heavy atom. The van der Waals surface area contributed by atoms with Gasteiger partial charge in [-0.2, -0.15) is 0 Å². The van der Waals surface area contributed by atoms with Gasteiger partial charge >= 0.3 is 11.9 Å². The van der Waals surface area contributed by atoms with Crippen LogP contribution in [0.3, 0.4) is 0 Å². The Morgan fingerprint density at radius 2 is 1.70 bits per heavy atom. The van der Waals surface area contributed by atoms with Crippen LogP contribution in [-0.2, 0) is 23.9 Å². The monoisotopic (exact) mass is 574 g/mol. The molecule has 2 heterocycles. The molecule has 0 unspecified atom stereocenters. The Balaban J connectivity index is 0.000000209. The van der Waals surface area contributed by atoms with Crippen molar-refractivity contribution in [2.45, 2.75) is 12.5 Å². The SMILES string of the molecule is COC(=O)[C@@H]1CC2=CC(=O)C(=O)C=C2N1.COC(=O)c1cc2cc(O)c(O)cc2[nH]1.FCI. The summed E-state index contributed by atoms with van der Waals surface area (Å²) < 4.78 is 19.1. The summed E-state index contributed by atoms with van der Waals surface area (Å²) in [7, 11) is 2.58. The highest BCUT2D eigenvalue weighted by Gasteiger charge is 2.33. The summed E-state index contributed by atoms with van der Waals surface area (Å²) in [6, 6.07) is 3.76. The van der Waals surface area contributed by atoms with E-state index in [-0.39, 0.29) is 21.9 Å². The Hall–Kier alpha value is -3.42. The maximum Gasteiger partial charge on any atom is 0.354 e. The molecule has 1 aliphatic carbocycles. The van der Waals surface area contributed by atoms with E-state index in [1.54, 1.807) is 28.7 Å². The maximum atomic E-state index is 11.2. The summed E-state index contributed by atoms with van der Waals surface area (Å²) in [5.41, 5.74) is 2.08. The number of esters is 2. The Morgan fingerprint density at radius 1 is 1.09 bits per heavy atom. The van der Waals surface area contributed by atoms with Gasteiger partial charge in [0.2, 0.25) is 11.6 Å². The average molecular weight is 574 g/mol. The van der Waals surface area contributed by atoms with Gasteiger partial charge in [0.15, 0.2) is 11.5 Å². The van der Waals surface area contributed by atoms with Crippen LogP contribution >= 0.6 is 22.6 Å². The Bertz CT molecular complexity index is 1080. The Kier molecular flexibility index (Phi) is 8.96. The van der Waals surface area contributed by atoms with Crippen LogP contribution in [0.4, 0.5) is 4.39 Å². The first-order valence-electron chi connectivity index (χ1n) is 9.25. The van der Waals surface area contributed by atoms with Gasteiger partial charge in [0.1, 0.15) is 16.4 Å². The van der Waals surface area contributed by atoms with E-state index in [1.807, 2.05) is 0 Å². The number of allylic oxidation sites excluding steroid dienone is 3. The van der Waals surface area contributed by atoms with Crippen molar-refractivity contribution in [3.63, 3.8) is 0 Å². The zero-order valence-electron chi connectivity index (χ0n) is 17.5. The van der Waals surface area contributed by atoms with E-state index in [9.17, 15) is 33.8 Å². The minimum atomic E-state index is -0.563. The number of carbonyl (C=O) groups excluding carboxylic acids is 4. The molecule has 1 aromatic heterocycles. The molecule has 1 saturated heterocycles. The number of halogens is 2. The molecule has 4 rings (SSSR count). The normalized spacial score (nSPS) is 16.2. The number of ketones is 2. The second-order valence-corrected chi connectivity index (χ2v) is 7.16. The number of alkyl halides is 2. The second kappa shape index (κ2) is 11.4. The van der Waals surface area contributed by atoms with Gasteiger partial charge in [-0.3, -0.25) is 9.59 Å². The molecule has 0 radical (unpaired) electrons. The zero-order chi connectivity index (χ0) is 24.7. The van der Waals surface area contributed by atoms with Gasteiger partial charge in [0.25, 0.3) is 0 Å². The average Bonchev–Trinajstić information content (AvgIpc) is 3.38. The number of fused-ring (bicyclic) bond motifs is 2. The van der Waals surface area contributed by atoms with E-state index in [4.69, 9.17) is 0 Å². The number of H-pyrrole nitrogens is 1. The first-order valence-corrected chi connectivity index (χ1v) is 10.8. The lowest BCUT2D eigenvalue weighted by Gasteiger charge is -2.07. The van der Waals surface area contributed by atoms with Crippen molar-refractivity contribution in [3.8, 4) is 11.5 Å². The van der Waals surface area contributed by atoms with Gasteiger partial charge in [0, 0.05) is 29.6 Å². The summed E-state index contributed by atoms with van der Waals surface area (Å²) in [4.78, 5) is 47.3. The quantitative estimate of drug-likeness (QED) is 0.106. The number of aromatic hydroxyl groups is 2. The largest absolute Gasteiger partial charge is 0.504 e. The van der Waals surface area contributed by atoms with Crippen molar-refractivity contribution < 1.29 is 43.3 Å². The summed E-state index contributed by atoms with van der Waals surface area (Å²) in [6.45, 7) is 0. The van der Waals surface area contributed by atoms with Crippen LogP contribution in [-0.4, -0.2) is 63.6 Å². The predicted molar refractivity (Wildman–Crippen MR) is 123 cm³/mol. The summed E-state index contributed by atoms with van der Waals surface area (Å²) in [5.74, 6) is -2.46. The van der Waals surface area contributed by atoms with E-state index in [0.29, 0.717) is 28.6 Å². The van der Waals surface area contributed by atoms with E-state index < -0.39 is 29.5 Å². The van der Waals surface area contributed by atoms with E-state index in [1.165, 1.54) is 38.5 Å². The second-order valence-electron chi connectivity index (χ2n) is 6.58. The van der Waals surface area contributed by atoms with Crippen LogP contribution in [0.1, 0.15) is 16.9 Å². The number of methoxy groups -OCH3 is 2. The van der Waals surface area contributed by atoms with Crippen LogP contribution in [0.25, 0.3) is 10.9 Å². The number of ether oxygens (including phenoxy) is 2. The molecule has 12 heteroatoms. The van der Waals surface area contributed by atoms with Crippen LogP contribution in [0, 0.1) is 0 Å². The van der Waals surface area contributed by atoms with Gasteiger partial charge < -0.3 is 30.0 Å². The summed E-state index contributed by atoms with van der Waals surface area (Å²) in [5, 5.41) is 21.9.